The quantitative estimate of drug-likeness (QED) is 0.804. The Bertz CT molecular complexity index is 368. The van der Waals surface area contributed by atoms with Gasteiger partial charge >= 0.3 is 6.03 Å². The predicted molar refractivity (Wildman–Crippen MR) is 71.2 cm³/mol. The van der Waals surface area contributed by atoms with Crippen molar-refractivity contribution in [1.82, 2.24) is 10.2 Å². The largest absolute Gasteiger partial charge is 0.338 e. The maximum atomic E-state index is 11.7. The molecule has 94 valence electrons. The number of amides is 2. The van der Waals surface area contributed by atoms with E-state index in [1.807, 2.05) is 24.3 Å². The average Bonchev–Trinajstić information content (AvgIpc) is 2.29. The van der Waals surface area contributed by atoms with Crippen molar-refractivity contribution in [2.75, 3.05) is 13.6 Å². The zero-order chi connectivity index (χ0) is 12.7. The lowest BCUT2D eigenvalue weighted by Crippen LogP contribution is -2.37. The van der Waals surface area contributed by atoms with Crippen LogP contribution in [0.1, 0.15) is 25.3 Å². The lowest BCUT2D eigenvalue weighted by atomic mass is 10.2. The van der Waals surface area contributed by atoms with Crippen LogP contribution in [0.4, 0.5) is 4.79 Å². The van der Waals surface area contributed by atoms with Gasteiger partial charge in [0.25, 0.3) is 0 Å². The fourth-order valence-corrected chi connectivity index (χ4v) is 1.70. The number of hydrogen-bond donors (Lipinski definition) is 1. The molecule has 0 spiro atoms. The maximum absolute atomic E-state index is 11.7. The van der Waals surface area contributed by atoms with E-state index in [1.54, 1.807) is 11.9 Å². The summed E-state index contributed by atoms with van der Waals surface area (Å²) in [5.41, 5.74) is 1.03. The number of hydrogen-bond acceptors (Lipinski definition) is 1. The minimum atomic E-state index is -0.0431. The Morgan fingerprint density at radius 1 is 1.47 bits per heavy atom. The smallest absolute Gasteiger partial charge is 0.317 e. The van der Waals surface area contributed by atoms with Gasteiger partial charge in [0.2, 0.25) is 0 Å². The predicted octanol–water partition coefficient (Wildman–Crippen LogP) is 3.28. The highest BCUT2D eigenvalue weighted by atomic mass is 35.5. The van der Waals surface area contributed by atoms with Crippen molar-refractivity contribution in [2.24, 2.45) is 0 Å². The third-order valence-electron chi connectivity index (χ3n) is 2.46. The van der Waals surface area contributed by atoms with Crippen LogP contribution in [0, 0.1) is 0 Å². The second-order valence-electron chi connectivity index (χ2n) is 4.07. The highest BCUT2D eigenvalue weighted by Gasteiger charge is 2.07. The zero-order valence-electron chi connectivity index (χ0n) is 10.4. The van der Waals surface area contributed by atoms with Crippen LogP contribution in [0.2, 0.25) is 5.02 Å². The molecule has 1 aromatic carbocycles. The molecule has 0 unspecified atom stereocenters. The van der Waals surface area contributed by atoms with E-state index in [2.05, 4.69) is 12.2 Å². The van der Waals surface area contributed by atoms with Gasteiger partial charge in [0.1, 0.15) is 0 Å². The Balaban J connectivity index is 2.43. The molecule has 4 heteroatoms. The Morgan fingerprint density at radius 3 is 2.88 bits per heavy atom. The van der Waals surface area contributed by atoms with Gasteiger partial charge in [-0.2, -0.15) is 0 Å². The SMILES string of the molecule is CCCCNC(=O)N(C)Cc1cccc(Cl)c1. The van der Waals surface area contributed by atoms with Crippen molar-refractivity contribution in [2.45, 2.75) is 26.3 Å². The Labute approximate surface area is 108 Å². The molecule has 0 saturated heterocycles. The number of nitrogens with one attached hydrogen (secondary N) is 1. The van der Waals surface area contributed by atoms with Crippen LogP contribution in [-0.4, -0.2) is 24.5 Å². The molecular formula is C13H19ClN2O. The standard InChI is InChI=1S/C13H19ClN2O/c1-3-4-8-15-13(17)16(2)10-11-6-5-7-12(14)9-11/h5-7,9H,3-4,8,10H2,1-2H3,(H,15,17). The van der Waals surface area contributed by atoms with Gasteiger partial charge in [-0.25, -0.2) is 4.79 Å². The van der Waals surface area contributed by atoms with Crippen LogP contribution < -0.4 is 5.32 Å². The van der Waals surface area contributed by atoms with Crippen LogP contribution >= 0.6 is 11.6 Å². The highest BCUT2D eigenvalue weighted by Crippen LogP contribution is 2.12. The number of rotatable bonds is 5. The molecule has 0 heterocycles. The van der Waals surface area contributed by atoms with Crippen molar-refractivity contribution in [3.8, 4) is 0 Å². The number of nitrogens with zero attached hydrogens (tertiary/aromatic N) is 1. The molecule has 0 aliphatic carbocycles. The normalized spacial score (nSPS) is 10.1. The van der Waals surface area contributed by atoms with Gasteiger partial charge in [0.15, 0.2) is 0 Å². The molecule has 0 atom stereocenters. The second-order valence-corrected chi connectivity index (χ2v) is 4.51. The summed E-state index contributed by atoms with van der Waals surface area (Å²) in [7, 11) is 1.78. The summed E-state index contributed by atoms with van der Waals surface area (Å²) in [6.07, 6.45) is 2.09. The van der Waals surface area contributed by atoms with E-state index in [-0.39, 0.29) is 6.03 Å². The topological polar surface area (TPSA) is 32.3 Å². The Kier molecular flexibility index (Phi) is 5.84. The first-order valence-electron chi connectivity index (χ1n) is 5.87. The summed E-state index contributed by atoms with van der Waals surface area (Å²) < 4.78 is 0. The minimum Gasteiger partial charge on any atom is -0.338 e. The van der Waals surface area contributed by atoms with Crippen molar-refractivity contribution >= 4 is 17.6 Å². The van der Waals surface area contributed by atoms with Crippen molar-refractivity contribution in [3.05, 3.63) is 34.9 Å². The lowest BCUT2D eigenvalue weighted by molar-refractivity contribution is 0.207. The van der Waals surface area contributed by atoms with Gasteiger partial charge in [-0.05, 0) is 24.1 Å². The summed E-state index contributed by atoms with van der Waals surface area (Å²) in [5, 5.41) is 3.57. The van der Waals surface area contributed by atoms with E-state index in [0.29, 0.717) is 11.6 Å². The molecular weight excluding hydrogens is 236 g/mol. The molecule has 0 aliphatic heterocycles. The number of benzene rings is 1. The van der Waals surface area contributed by atoms with E-state index >= 15 is 0 Å². The third-order valence-corrected chi connectivity index (χ3v) is 2.70. The Hall–Kier alpha value is -1.22. The van der Waals surface area contributed by atoms with Gasteiger partial charge < -0.3 is 10.2 Å². The fourth-order valence-electron chi connectivity index (χ4n) is 1.49. The third kappa shape index (κ3) is 5.09. The van der Waals surface area contributed by atoms with E-state index in [1.165, 1.54) is 0 Å². The fraction of sp³-hybridized carbons (Fsp3) is 0.462. The van der Waals surface area contributed by atoms with Crippen molar-refractivity contribution < 1.29 is 4.79 Å². The molecule has 0 radical (unpaired) electrons. The summed E-state index contributed by atoms with van der Waals surface area (Å²) in [4.78, 5) is 13.3. The number of carbonyl (C=O) groups is 1. The second kappa shape index (κ2) is 7.17. The summed E-state index contributed by atoms with van der Waals surface area (Å²) in [6.45, 7) is 3.40. The molecule has 3 nitrogen and oxygen atoms in total. The first kappa shape index (κ1) is 13.8. The van der Waals surface area contributed by atoms with Crippen molar-refractivity contribution in [1.29, 1.82) is 0 Å². The van der Waals surface area contributed by atoms with Crippen LogP contribution in [-0.2, 0) is 6.54 Å². The monoisotopic (exact) mass is 254 g/mol. The number of carbonyl (C=O) groups excluding carboxylic acids is 1. The van der Waals surface area contributed by atoms with Crippen LogP contribution in [0.5, 0.6) is 0 Å². The summed E-state index contributed by atoms with van der Waals surface area (Å²) in [6, 6.07) is 7.50. The van der Waals surface area contributed by atoms with Crippen LogP contribution in [0.15, 0.2) is 24.3 Å². The number of urea groups is 1. The molecule has 1 N–H and O–H groups in total. The van der Waals surface area contributed by atoms with E-state index < -0.39 is 0 Å². The highest BCUT2D eigenvalue weighted by molar-refractivity contribution is 6.30. The molecule has 0 bridgehead atoms. The van der Waals surface area contributed by atoms with E-state index in [9.17, 15) is 4.79 Å². The summed E-state index contributed by atoms with van der Waals surface area (Å²) >= 11 is 5.89. The maximum Gasteiger partial charge on any atom is 0.317 e. The molecule has 1 aromatic rings. The summed E-state index contributed by atoms with van der Waals surface area (Å²) in [5.74, 6) is 0. The van der Waals surface area contributed by atoms with Crippen molar-refractivity contribution in [3.63, 3.8) is 0 Å². The van der Waals surface area contributed by atoms with Gasteiger partial charge in [0.05, 0.1) is 0 Å². The number of halogens is 1. The minimum absolute atomic E-state index is 0.0431. The number of unbranched alkanes of at least 4 members (excludes halogenated alkanes) is 1. The van der Waals surface area contributed by atoms with E-state index in [4.69, 9.17) is 11.6 Å². The lowest BCUT2D eigenvalue weighted by Gasteiger charge is -2.18. The molecule has 0 aliphatic rings. The van der Waals surface area contributed by atoms with Crippen LogP contribution in [0.3, 0.4) is 0 Å². The Morgan fingerprint density at radius 2 is 2.24 bits per heavy atom. The zero-order valence-corrected chi connectivity index (χ0v) is 11.1. The average molecular weight is 255 g/mol. The van der Waals surface area contributed by atoms with Gasteiger partial charge in [0, 0.05) is 25.2 Å². The first-order chi connectivity index (χ1) is 8.13. The van der Waals surface area contributed by atoms with Gasteiger partial charge in [-0.15, -0.1) is 0 Å². The molecule has 1 rings (SSSR count). The molecule has 17 heavy (non-hydrogen) atoms. The molecule has 0 fully saturated rings. The van der Waals surface area contributed by atoms with Gasteiger partial charge in [-0.3, -0.25) is 0 Å². The van der Waals surface area contributed by atoms with Crippen LogP contribution in [0.25, 0.3) is 0 Å². The molecule has 2 amide bonds. The molecule has 0 saturated carbocycles. The molecule has 0 aromatic heterocycles. The first-order valence-corrected chi connectivity index (χ1v) is 6.24. The van der Waals surface area contributed by atoms with Gasteiger partial charge in [-0.1, -0.05) is 37.1 Å². The van der Waals surface area contributed by atoms with E-state index in [0.717, 1.165) is 24.9 Å².